The average Bonchev–Trinajstić information content (AvgIpc) is 2.74. The van der Waals surface area contributed by atoms with Gasteiger partial charge in [-0.1, -0.05) is 25.1 Å². The summed E-state index contributed by atoms with van der Waals surface area (Å²) in [6.45, 7) is 6.34. The molecule has 1 aliphatic rings. The van der Waals surface area contributed by atoms with Gasteiger partial charge in [-0.15, -0.1) is 0 Å². The molecular weight excluding hydrogens is 238 g/mol. The van der Waals surface area contributed by atoms with Gasteiger partial charge in [0.2, 0.25) is 0 Å². The maximum absolute atomic E-state index is 11.9. The van der Waals surface area contributed by atoms with Gasteiger partial charge in [0.25, 0.3) is 5.91 Å². The van der Waals surface area contributed by atoms with Crippen LogP contribution in [0.4, 0.5) is 0 Å². The minimum atomic E-state index is -0.0123. The second kappa shape index (κ2) is 6.09. The Morgan fingerprint density at radius 1 is 1.32 bits per heavy atom. The molecule has 0 aliphatic heterocycles. The quantitative estimate of drug-likeness (QED) is 0.905. The summed E-state index contributed by atoms with van der Waals surface area (Å²) in [4.78, 5) is 11.9. The van der Waals surface area contributed by atoms with Crippen LogP contribution in [0.15, 0.2) is 18.2 Å². The van der Waals surface area contributed by atoms with E-state index in [0.29, 0.717) is 6.04 Å². The number of carbonyl (C=O) groups excluding carboxylic acids is 1. The van der Waals surface area contributed by atoms with E-state index in [1.54, 1.807) is 0 Å². The fourth-order valence-corrected chi connectivity index (χ4v) is 2.77. The molecule has 0 heterocycles. The Balaban J connectivity index is 1.83. The third-order valence-corrected chi connectivity index (χ3v) is 3.82. The molecule has 3 nitrogen and oxygen atoms in total. The van der Waals surface area contributed by atoms with Gasteiger partial charge in [-0.05, 0) is 50.2 Å². The van der Waals surface area contributed by atoms with E-state index in [4.69, 9.17) is 4.74 Å². The molecule has 0 spiro atoms. The first kappa shape index (κ1) is 13.9. The van der Waals surface area contributed by atoms with Crippen LogP contribution in [0.1, 0.15) is 37.3 Å². The summed E-state index contributed by atoms with van der Waals surface area (Å²) in [5.41, 5.74) is 2.14. The van der Waals surface area contributed by atoms with Crippen molar-refractivity contribution in [3.05, 3.63) is 29.3 Å². The smallest absolute Gasteiger partial charge is 0.258 e. The fraction of sp³-hybridized carbons (Fsp3) is 0.562. The van der Waals surface area contributed by atoms with Crippen LogP contribution in [0.2, 0.25) is 0 Å². The summed E-state index contributed by atoms with van der Waals surface area (Å²) in [5.74, 6) is 1.55. The van der Waals surface area contributed by atoms with Gasteiger partial charge in [0.05, 0.1) is 0 Å². The number of amides is 1. The van der Waals surface area contributed by atoms with Crippen LogP contribution in [0.25, 0.3) is 0 Å². The lowest BCUT2D eigenvalue weighted by molar-refractivity contribution is -0.123. The third kappa shape index (κ3) is 3.72. The van der Waals surface area contributed by atoms with Gasteiger partial charge in [0.15, 0.2) is 6.61 Å². The third-order valence-electron chi connectivity index (χ3n) is 3.82. The molecule has 1 aromatic rings. The molecule has 1 fully saturated rings. The summed E-state index contributed by atoms with van der Waals surface area (Å²) >= 11 is 0. The number of ether oxygens (including phenoxy) is 1. The van der Waals surface area contributed by atoms with Crippen molar-refractivity contribution < 1.29 is 9.53 Å². The van der Waals surface area contributed by atoms with Crippen molar-refractivity contribution in [3.8, 4) is 5.75 Å². The molecule has 1 amide bonds. The average molecular weight is 261 g/mol. The van der Waals surface area contributed by atoms with Crippen molar-refractivity contribution in [3.63, 3.8) is 0 Å². The number of benzene rings is 1. The molecule has 19 heavy (non-hydrogen) atoms. The Morgan fingerprint density at radius 3 is 2.58 bits per heavy atom. The van der Waals surface area contributed by atoms with Crippen molar-refractivity contribution >= 4 is 5.91 Å². The maximum atomic E-state index is 11.9. The van der Waals surface area contributed by atoms with Crippen LogP contribution < -0.4 is 10.1 Å². The van der Waals surface area contributed by atoms with E-state index in [9.17, 15) is 4.79 Å². The molecule has 3 heteroatoms. The summed E-state index contributed by atoms with van der Waals surface area (Å²) in [6.07, 6.45) is 3.40. The van der Waals surface area contributed by atoms with E-state index < -0.39 is 0 Å². The first-order valence-electron chi connectivity index (χ1n) is 7.04. The zero-order valence-electron chi connectivity index (χ0n) is 12.0. The van der Waals surface area contributed by atoms with Crippen LogP contribution in [0, 0.1) is 19.8 Å². The molecule has 1 saturated carbocycles. The Kier molecular flexibility index (Phi) is 4.46. The van der Waals surface area contributed by atoms with Gasteiger partial charge in [-0.25, -0.2) is 0 Å². The SMILES string of the molecule is Cc1cccc(C)c1OCC(=O)NC1CCC(C)C1. The summed E-state index contributed by atoms with van der Waals surface area (Å²) in [7, 11) is 0. The summed E-state index contributed by atoms with van der Waals surface area (Å²) in [6, 6.07) is 6.33. The van der Waals surface area contributed by atoms with Crippen molar-refractivity contribution in [2.75, 3.05) is 6.61 Å². The Morgan fingerprint density at radius 2 is 2.00 bits per heavy atom. The number of nitrogens with one attached hydrogen (secondary N) is 1. The molecule has 2 rings (SSSR count). The first-order valence-corrected chi connectivity index (χ1v) is 7.04. The number of hydrogen-bond acceptors (Lipinski definition) is 2. The number of carbonyl (C=O) groups is 1. The number of hydrogen-bond donors (Lipinski definition) is 1. The topological polar surface area (TPSA) is 38.3 Å². The van der Waals surface area contributed by atoms with Gasteiger partial charge in [0.1, 0.15) is 5.75 Å². The Hall–Kier alpha value is -1.51. The van der Waals surface area contributed by atoms with Crippen molar-refractivity contribution in [2.45, 2.75) is 46.1 Å². The second-order valence-electron chi connectivity index (χ2n) is 5.69. The lowest BCUT2D eigenvalue weighted by atomic mass is 10.1. The molecule has 1 aromatic carbocycles. The van der Waals surface area contributed by atoms with E-state index in [-0.39, 0.29) is 12.5 Å². The highest BCUT2D eigenvalue weighted by molar-refractivity contribution is 5.78. The monoisotopic (exact) mass is 261 g/mol. The fourth-order valence-electron chi connectivity index (χ4n) is 2.77. The highest BCUT2D eigenvalue weighted by Gasteiger charge is 2.22. The van der Waals surface area contributed by atoms with Gasteiger partial charge >= 0.3 is 0 Å². The molecule has 2 atom stereocenters. The van der Waals surface area contributed by atoms with Crippen molar-refractivity contribution in [1.82, 2.24) is 5.32 Å². The van der Waals surface area contributed by atoms with Gasteiger partial charge in [-0.2, -0.15) is 0 Å². The van der Waals surface area contributed by atoms with Crippen LogP contribution in [0.3, 0.4) is 0 Å². The van der Waals surface area contributed by atoms with E-state index in [1.807, 2.05) is 32.0 Å². The summed E-state index contributed by atoms with van der Waals surface area (Å²) < 4.78 is 5.65. The lowest BCUT2D eigenvalue weighted by Crippen LogP contribution is -2.36. The molecule has 2 unspecified atom stereocenters. The molecule has 0 radical (unpaired) electrons. The predicted octanol–water partition coefficient (Wildman–Crippen LogP) is 2.99. The second-order valence-corrected chi connectivity index (χ2v) is 5.69. The van der Waals surface area contributed by atoms with Gasteiger partial charge in [0, 0.05) is 6.04 Å². The predicted molar refractivity (Wildman–Crippen MR) is 76.4 cm³/mol. The molecule has 1 aliphatic carbocycles. The van der Waals surface area contributed by atoms with Crippen molar-refractivity contribution in [2.24, 2.45) is 5.92 Å². The number of rotatable bonds is 4. The van der Waals surface area contributed by atoms with E-state index in [2.05, 4.69) is 12.2 Å². The molecule has 1 N–H and O–H groups in total. The summed E-state index contributed by atoms with van der Waals surface area (Å²) in [5, 5.41) is 3.05. The minimum Gasteiger partial charge on any atom is -0.483 e. The Labute approximate surface area is 115 Å². The number of para-hydroxylation sites is 1. The van der Waals surface area contributed by atoms with E-state index in [0.717, 1.165) is 35.6 Å². The lowest BCUT2D eigenvalue weighted by Gasteiger charge is -2.15. The molecule has 0 bridgehead atoms. The minimum absolute atomic E-state index is 0.0123. The highest BCUT2D eigenvalue weighted by Crippen LogP contribution is 2.25. The van der Waals surface area contributed by atoms with E-state index in [1.165, 1.54) is 6.42 Å². The van der Waals surface area contributed by atoms with E-state index >= 15 is 0 Å². The number of aryl methyl sites for hydroxylation is 2. The largest absolute Gasteiger partial charge is 0.483 e. The zero-order valence-corrected chi connectivity index (χ0v) is 12.0. The van der Waals surface area contributed by atoms with Crippen LogP contribution >= 0.6 is 0 Å². The molecule has 0 saturated heterocycles. The maximum Gasteiger partial charge on any atom is 0.258 e. The molecule has 0 aromatic heterocycles. The van der Waals surface area contributed by atoms with Crippen LogP contribution in [-0.4, -0.2) is 18.6 Å². The Bertz CT molecular complexity index is 436. The first-order chi connectivity index (χ1) is 9.06. The normalized spacial score (nSPS) is 22.3. The molecule has 104 valence electrons. The van der Waals surface area contributed by atoms with Crippen LogP contribution in [0.5, 0.6) is 5.75 Å². The van der Waals surface area contributed by atoms with Crippen LogP contribution in [-0.2, 0) is 4.79 Å². The zero-order chi connectivity index (χ0) is 13.8. The standard InChI is InChI=1S/C16H23NO2/c1-11-7-8-14(9-11)17-15(18)10-19-16-12(2)5-4-6-13(16)3/h4-6,11,14H,7-10H2,1-3H3,(H,17,18). The van der Waals surface area contributed by atoms with Crippen molar-refractivity contribution in [1.29, 1.82) is 0 Å². The molecular formula is C16H23NO2. The highest BCUT2D eigenvalue weighted by atomic mass is 16.5. The van der Waals surface area contributed by atoms with Gasteiger partial charge < -0.3 is 10.1 Å². The van der Waals surface area contributed by atoms with Gasteiger partial charge in [-0.3, -0.25) is 4.79 Å².